The maximum Gasteiger partial charge on any atom is 0.142 e. The quantitative estimate of drug-likeness (QED) is 0.463. The summed E-state index contributed by atoms with van der Waals surface area (Å²) in [5.74, 6) is 0.707. The number of aromatic nitrogens is 2. The van der Waals surface area contributed by atoms with Gasteiger partial charge in [0.1, 0.15) is 17.3 Å². The van der Waals surface area contributed by atoms with Gasteiger partial charge in [-0.25, -0.2) is 4.98 Å². The molecule has 4 rings (SSSR count). The van der Waals surface area contributed by atoms with Gasteiger partial charge in [-0.2, -0.15) is 0 Å². The SMILES string of the molecule is Oc1ccc(O)c(-c2nc3cc4ccccc4cc3[nH]2)c1. The molecule has 0 saturated heterocycles. The van der Waals surface area contributed by atoms with Gasteiger partial charge in [0, 0.05) is 0 Å². The highest BCUT2D eigenvalue weighted by Crippen LogP contribution is 2.32. The van der Waals surface area contributed by atoms with Crippen molar-refractivity contribution in [3.63, 3.8) is 0 Å². The first kappa shape index (κ1) is 11.8. The Morgan fingerprint density at radius 1 is 0.857 bits per heavy atom. The van der Waals surface area contributed by atoms with Crippen molar-refractivity contribution in [2.24, 2.45) is 0 Å². The van der Waals surface area contributed by atoms with Crippen LogP contribution in [0.4, 0.5) is 0 Å². The van der Waals surface area contributed by atoms with E-state index >= 15 is 0 Å². The second kappa shape index (κ2) is 4.24. The van der Waals surface area contributed by atoms with E-state index in [9.17, 15) is 10.2 Å². The molecule has 0 radical (unpaired) electrons. The number of H-pyrrole nitrogens is 1. The van der Waals surface area contributed by atoms with E-state index in [1.54, 1.807) is 0 Å². The van der Waals surface area contributed by atoms with Crippen LogP contribution in [-0.4, -0.2) is 20.2 Å². The number of phenols is 2. The van der Waals surface area contributed by atoms with Crippen molar-refractivity contribution >= 4 is 21.8 Å². The Labute approximate surface area is 120 Å². The lowest BCUT2D eigenvalue weighted by atomic mass is 10.1. The summed E-state index contributed by atoms with van der Waals surface area (Å²) in [7, 11) is 0. The van der Waals surface area contributed by atoms with Crippen LogP contribution in [0.1, 0.15) is 0 Å². The summed E-state index contributed by atoms with van der Waals surface area (Å²) in [6.45, 7) is 0. The summed E-state index contributed by atoms with van der Waals surface area (Å²) in [5, 5.41) is 21.7. The number of nitrogens with zero attached hydrogens (tertiary/aromatic N) is 1. The number of hydrogen-bond donors (Lipinski definition) is 3. The van der Waals surface area contributed by atoms with Crippen LogP contribution in [0.2, 0.25) is 0 Å². The minimum atomic E-state index is 0.0800. The molecule has 0 aliphatic carbocycles. The molecule has 0 saturated carbocycles. The molecule has 3 aromatic carbocycles. The predicted molar refractivity (Wildman–Crippen MR) is 82.4 cm³/mol. The second-order valence-electron chi connectivity index (χ2n) is 5.00. The van der Waals surface area contributed by atoms with E-state index in [1.165, 1.54) is 18.2 Å². The molecule has 102 valence electrons. The molecule has 0 aliphatic rings. The fourth-order valence-corrected chi connectivity index (χ4v) is 2.54. The third kappa shape index (κ3) is 1.89. The Morgan fingerprint density at radius 2 is 1.62 bits per heavy atom. The molecule has 0 spiro atoms. The molecule has 4 heteroatoms. The van der Waals surface area contributed by atoms with Gasteiger partial charge in [0.25, 0.3) is 0 Å². The molecular weight excluding hydrogens is 264 g/mol. The lowest BCUT2D eigenvalue weighted by Gasteiger charge is -2.01. The van der Waals surface area contributed by atoms with Crippen LogP contribution < -0.4 is 0 Å². The van der Waals surface area contributed by atoms with Gasteiger partial charge in [-0.3, -0.25) is 0 Å². The van der Waals surface area contributed by atoms with Crippen molar-refractivity contribution < 1.29 is 10.2 Å². The van der Waals surface area contributed by atoms with E-state index in [2.05, 4.69) is 9.97 Å². The van der Waals surface area contributed by atoms with Gasteiger partial charge in [0.15, 0.2) is 0 Å². The van der Waals surface area contributed by atoms with Crippen molar-refractivity contribution in [1.29, 1.82) is 0 Å². The number of hydrogen-bond acceptors (Lipinski definition) is 3. The Balaban J connectivity index is 1.98. The number of phenolic OH excluding ortho intramolecular Hbond substituents is 2. The Hall–Kier alpha value is -3.01. The van der Waals surface area contributed by atoms with Gasteiger partial charge in [-0.05, 0) is 41.1 Å². The molecule has 0 fully saturated rings. The number of aromatic amines is 1. The van der Waals surface area contributed by atoms with Crippen molar-refractivity contribution in [3.8, 4) is 22.9 Å². The van der Waals surface area contributed by atoms with E-state index in [4.69, 9.17) is 0 Å². The third-order valence-electron chi connectivity index (χ3n) is 3.58. The number of fused-ring (bicyclic) bond motifs is 2. The average molecular weight is 276 g/mol. The van der Waals surface area contributed by atoms with Crippen LogP contribution in [0, 0.1) is 0 Å². The summed E-state index contributed by atoms with van der Waals surface area (Å²) >= 11 is 0. The highest BCUT2D eigenvalue weighted by Gasteiger charge is 2.11. The lowest BCUT2D eigenvalue weighted by molar-refractivity contribution is 0.461. The van der Waals surface area contributed by atoms with Crippen molar-refractivity contribution in [3.05, 3.63) is 54.6 Å². The number of benzene rings is 3. The number of imidazole rings is 1. The van der Waals surface area contributed by atoms with Crippen LogP contribution >= 0.6 is 0 Å². The molecule has 3 N–H and O–H groups in total. The molecule has 0 aliphatic heterocycles. The molecular formula is C17H12N2O2. The maximum absolute atomic E-state index is 9.93. The zero-order valence-corrected chi connectivity index (χ0v) is 11.0. The molecule has 0 unspecified atom stereocenters. The van der Waals surface area contributed by atoms with E-state index in [-0.39, 0.29) is 11.5 Å². The Morgan fingerprint density at radius 3 is 2.43 bits per heavy atom. The number of rotatable bonds is 1. The predicted octanol–water partition coefficient (Wildman–Crippen LogP) is 3.79. The van der Waals surface area contributed by atoms with Gasteiger partial charge in [-0.15, -0.1) is 0 Å². The van der Waals surface area contributed by atoms with Crippen LogP contribution in [0.15, 0.2) is 54.6 Å². The van der Waals surface area contributed by atoms with E-state index in [0.717, 1.165) is 21.8 Å². The van der Waals surface area contributed by atoms with Crippen LogP contribution in [-0.2, 0) is 0 Å². The number of nitrogens with one attached hydrogen (secondary N) is 1. The molecule has 21 heavy (non-hydrogen) atoms. The van der Waals surface area contributed by atoms with Gasteiger partial charge >= 0.3 is 0 Å². The topological polar surface area (TPSA) is 69.1 Å². The first-order valence-corrected chi connectivity index (χ1v) is 6.61. The Bertz CT molecular complexity index is 921. The molecule has 4 nitrogen and oxygen atoms in total. The van der Waals surface area contributed by atoms with Gasteiger partial charge < -0.3 is 15.2 Å². The Kier molecular flexibility index (Phi) is 2.38. The average Bonchev–Trinajstić information content (AvgIpc) is 2.89. The smallest absolute Gasteiger partial charge is 0.142 e. The third-order valence-corrected chi connectivity index (χ3v) is 3.58. The fraction of sp³-hybridized carbons (Fsp3) is 0. The van der Waals surface area contributed by atoms with Crippen LogP contribution in [0.25, 0.3) is 33.2 Å². The minimum Gasteiger partial charge on any atom is -0.508 e. The minimum absolute atomic E-state index is 0.0800. The molecule has 4 aromatic rings. The molecule has 0 bridgehead atoms. The standard InChI is InChI=1S/C17H12N2O2/c20-12-5-6-16(21)13(9-12)17-18-14-7-10-3-1-2-4-11(10)8-15(14)19-17/h1-9,20-21H,(H,18,19). The highest BCUT2D eigenvalue weighted by molar-refractivity contribution is 5.96. The van der Waals surface area contributed by atoms with Crippen LogP contribution in [0.5, 0.6) is 11.5 Å². The first-order valence-electron chi connectivity index (χ1n) is 6.61. The van der Waals surface area contributed by atoms with Crippen molar-refractivity contribution in [2.75, 3.05) is 0 Å². The summed E-state index contributed by atoms with van der Waals surface area (Å²) in [4.78, 5) is 7.70. The highest BCUT2D eigenvalue weighted by atomic mass is 16.3. The van der Waals surface area contributed by atoms with Gasteiger partial charge in [0.2, 0.25) is 0 Å². The monoisotopic (exact) mass is 276 g/mol. The normalized spacial score (nSPS) is 11.2. The molecule has 1 heterocycles. The van der Waals surface area contributed by atoms with E-state index in [0.29, 0.717) is 11.4 Å². The first-order chi connectivity index (χ1) is 10.2. The summed E-state index contributed by atoms with van der Waals surface area (Å²) in [5.41, 5.74) is 2.20. The molecule has 0 amide bonds. The van der Waals surface area contributed by atoms with Crippen molar-refractivity contribution in [1.82, 2.24) is 9.97 Å². The number of aromatic hydroxyl groups is 2. The van der Waals surface area contributed by atoms with Crippen molar-refractivity contribution in [2.45, 2.75) is 0 Å². The summed E-state index contributed by atoms with van der Waals surface area (Å²) in [6, 6.07) is 16.5. The molecule has 1 aromatic heterocycles. The van der Waals surface area contributed by atoms with Crippen LogP contribution in [0.3, 0.4) is 0 Å². The zero-order valence-electron chi connectivity index (χ0n) is 11.0. The van der Waals surface area contributed by atoms with E-state index in [1.807, 2.05) is 36.4 Å². The fourth-order valence-electron chi connectivity index (χ4n) is 2.54. The van der Waals surface area contributed by atoms with E-state index < -0.39 is 0 Å². The molecule has 0 atom stereocenters. The largest absolute Gasteiger partial charge is 0.508 e. The zero-order chi connectivity index (χ0) is 14.4. The second-order valence-corrected chi connectivity index (χ2v) is 5.00. The van der Waals surface area contributed by atoms with Gasteiger partial charge in [0.05, 0.1) is 16.6 Å². The summed E-state index contributed by atoms with van der Waals surface area (Å²) in [6.07, 6.45) is 0. The van der Waals surface area contributed by atoms with Gasteiger partial charge in [-0.1, -0.05) is 24.3 Å². The maximum atomic E-state index is 9.93. The lowest BCUT2D eigenvalue weighted by Crippen LogP contribution is -1.81. The summed E-state index contributed by atoms with van der Waals surface area (Å²) < 4.78 is 0.